The van der Waals surface area contributed by atoms with Crippen LogP contribution < -0.4 is 0 Å². The third-order valence-corrected chi connectivity index (χ3v) is 3.20. The molecule has 0 amide bonds. The van der Waals surface area contributed by atoms with Crippen molar-refractivity contribution < 1.29 is 62.6 Å². The Bertz CT molecular complexity index is 818. The molecule has 0 heterocycles. The minimum absolute atomic E-state index is 0. The van der Waals surface area contributed by atoms with E-state index < -0.39 is 35.5 Å². The van der Waals surface area contributed by atoms with E-state index in [1.807, 2.05) is 0 Å². The van der Waals surface area contributed by atoms with Crippen molar-refractivity contribution in [3.05, 3.63) is 84.6 Å². The average Bonchev–Trinajstić information content (AvgIpc) is 2.68. The van der Waals surface area contributed by atoms with Crippen LogP contribution in [0.15, 0.2) is 60.7 Å². The summed E-state index contributed by atoms with van der Waals surface area (Å²) in [6, 6.07) is 14.6. The number of halogens is 6. The van der Waals surface area contributed by atoms with E-state index in [0.29, 0.717) is 0 Å². The second kappa shape index (κ2) is 12.0. The summed E-state index contributed by atoms with van der Waals surface area (Å²) in [7, 11) is 0. The van der Waals surface area contributed by atoms with Gasteiger partial charge in [-0.1, -0.05) is 36.4 Å². The first kappa shape index (κ1) is 28.0. The van der Waals surface area contributed by atoms with Crippen molar-refractivity contribution in [2.75, 3.05) is 0 Å². The van der Waals surface area contributed by atoms with Crippen LogP contribution in [-0.2, 0) is 26.7 Å². The molecule has 31 heavy (non-hydrogen) atoms. The summed E-state index contributed by atoms with van der Waals surface area (Å²) in [5.41, 5.74) is 0.102. The molecule has 0 bridgehead atoms. The quantitative estimate of drug-likeness (QED) is 0.200. The van der Waals surface area contributed by atoms with Gasteiger partial charge in [0.25, 0.3) is 0 Å². The first-order valence-electron chi connectivity index (χ1n) is 7.93. The van der Waals surface area contributed by atoms with E-state index in [9.17, 15) is 45.5 Å². The van der Waals surface area contributed by atoms with Gasteiger partial charge in [-0.3, -0.25) is 0 Å². The van der Waals surface area contributed by atoms with Crippen molar-refractivity contribution in [2.45, 2.75) is 12.4 Å². The molecule has 1 radical (unpaired) electrons. The number of rotatable bonds is 6. The third kappa shape index (κ3) is 10.0. The number of Topliss-reactive ketones (excluding diaryl/α,β-unsaturated/α-hetero) is 4. The maximum Gasteiger partial charge on any atom is 2.00 e. The number of ketones is 4. The fourth-order valence-electron chi connectivity index (χ4n) is 1.77. The molecule has 0 aliphatic heterocycles. The third-order valence-electron chi connectivity index (χ3n) is 3.20. The Morgan fingerprint density at radius 2 is 0.806 bits per heavy atom. The molecule has 2 aromatic carbocycles. The van der Waals surface area contributed by atoms with Crippen LogP contribution in [0.1, 0.15) is 20.7 Å². The number of benzene rings is 2. The molecule has 165 valence electrons. The number of hydrogen-bond donors (Lipinski definition) is 0. The Morgan fingerprint density at radius 3 is 1.03 bits per heavy atom. The van der Waals surface area contributed by atoms with Crippen LogP contribution in [0, 0.1) is 12.8 Å². The van der Waals surface area contributed by atoms with Gasteiger partial charge < -0.3 is 19.2 Å². The topological polar surface area (TPSA) is 68.3 Å². The summed E-state index contributed by atoms with van der Waals surface area (Å²) < 4.78 is 70.8. The van der Waals surface area contributed by atoms with Gasteiger partial charge in [0.05, 0.1) is 0 Å². The molecule has 2 rings (SSSR count). The van der Waals surface area contributed by atoms with Crippen LogP contribution in [0.25, 0.3) is 0 Å². The maximum absolute atomic E-state index is 11.8. The molecule has 0 aliphatic rings. The van der Waals surface area contributed by atoms with Gasteiger partial charge in [-0.05, 0) is 0 Å². The Kier molecular flexibility index (Phi) is 10.8. The van der Waals surface area contributed by atoms with Crippen molar-refractivity contribution in [1.82, 2.24) is 0 Å². The number of carbonyl (C=O) groups is 4. The Labute approximate surface area is 183 Å². The molecule has 4 nitrogen and oxygen atoms in total. The SMILES string of the molecule is O=C([CH-]C(=O)C(F)(F)F)c1ccccc1.O=C([CH-]C(=O)C(F)(F)F)c1ccccc1.[Mn+2]. The summed E-state index contributed by atoms with van der Waals surface area (Å²) >= 11 is 0. The molecule has 0 atom stereocenters. The van der Waals surface area contributed by atoms with Crippen LogP contribution in [0.5, 0.6) is 0 Å². The van der Waals surface area contributed by atoms with Gasteiger partial charge in [0.2, 0.25) is 0 Å². The van der Waals surface area contributed by atoms with E-state index in [2.05, 4.69) is 0 Å². The van der Waals surface area contributed by atoms with Gasteiger partial charge in [-0.15, -0.1) is 48.2 Å². The molecule has 0 aromatic heterocycles. The van der Waals surface area contributed by atoms with E-state index >= 15 is 0 Å². The Balaban J connectivity index is 0.000000562. The molecule has 0 unspecified atom stereocenters. The van der Waals surface area contributed by atoms with Crippen molar-refractivity contribution in [3.63, 3.8) is 0 Å². The van der Waals surface area contributed by atoms with E-state index in [-0.39, 0.29) is 41.0 Å². The van der Waals surface area contributed by atoms with E-state index in [4.69, 9.17) is 0 Å². The normalized spacial score (nSPS) is 10.5. The fraction of sp³-hybridized carbons (Fsp3) is 0.100. The molecule has 0 N–H and O–H groups in total. The van der Waals surface area contributed by atoms with E-state index in [1.165, 1.54) is 48.5 Å². The molecule has 0 saturated carbocycles. The first-order valence-corrected chi connectivity index (χ1v) is 7.93. The smallest absolute Gasteiger partial charge is 0.331 e. The van der Waals surface area contributed by atoms with Crippen molar-refractivity contribution >= 4 is 23.1 Å². The van der Waals surface area contributed by atoms with Crippen LogP contribution in [0.2, 0.25) is 0 Å². The molecule has 0 aliphatic carbocycles. The van der Waals surface area contributed by atoms with Gasteiger partial charge in [0, 0.05) is 11.6 Å². The second-order valence-corrected chi connectivity index (χ2v) is 5.47. The zero-order valence-corrected chi connectivity index (χ0v) is 16.4. The van der Waals surface area contributed by atoms with Crippen LogP contribution in [0.3, 0.4) is 0 Å². The van der Waals surface area contributed by atoms with Gasteiger partial charge >= 0.3 is 29.4 Å². The van der Waals surface area contributed by atoms with Crippen LogP contribution in [-0.4, -0.2) is 35.5 Å². The van der Waals surface area contributed by atoms with Gasteiger partial charge in [0.15, 0.2) is 11.6 Å². The first-order chi connectivity index (χ1) is 13.8. The van der Waals surface area contributed by atoms with E-state index in [0.717, 1.165) is 0 Å². The van der Waals surface area contributed by atoms with Crippen LogP contribution >= 0.6 is 0 Å². The van der Waals surface area contributed by atoms with Gasteiger partial charge in [-0.25, -0.2) is 0 Å². The van der Waals surface area contributed by atoms with Gasteiger partial charge in [0.1, 0.15) is 0 Å². The summed E-state index contributed by atoms with van der Waals surface area (Å²) in [6.45, 7) is 0. The molecule has 2 aromatic rings. The van der Waals surface area contributed by atoms with Crippen molar-refractivity contribution in [3.8, 4) is 0 Å². The largest absolute Gasteiger partial charge is 2.00 e. The summed E-state index contributed by atoms with van der Waals surface area (Å²) in [6.07, 6.45) is -9.89. The van der Waals surface area contributed by atoms with Crippen molar-refractivity contribution in [2.24, 2.45) is 0 Å². The maximum atomic E-state index is 11.8. The van der Waals surface area contributed by atoms with Crippen LogP contribution in [0.4, 0.5) is 26.3 Å². The number of carbonyl (C=O) groups excluding carboxylic acids is 4. The standard InChI is InChI=1S/2C10H6F3O2.Mn/c2*11-10(12,13)9(15)6-8(14)7-4-2-1-3-5-7;/h2*1-6H;/q2*-1;+2. The fourth-order valence-corrected chi connectivity index (χ4v) is 1.77. The summed E-state index contributed by atoms with van der Waals surface area (Å²) in [4.78, 5) is 43.1. The molecular weight excluding hydrogens is 473 g/mol. The predicted molar refractivity (Wildman–Crippen MR) is 92.3 cm³/mol. The molecule has 0 saturated heterocycles. The number of alkyl halides is 6. The molecular formula is C20H12F6MnO4. The zero-order valence-electron chi connectivity index (χ0n) is 15.2. The minimum Gasteiger partial charge on any atom is -0.331 e. The summed E-state index contributed by atoms with van der Waals surface area (Å²) in [5.74, 6) is -6.18. The minimum atomic E-state index is -5.00. The Morgan fingerprint density at radius 1 is 0.548 bits per heavy atom. The molecule has 11 heteroatoms. The monoisotopic (exact) mass is 485 g/mol. The Hall–Kier alpha value is -3.04. The predicted octanol–water partition coefficient (Wildman–Crippen LogP) is 4.41. The van der Waals surface area contributed by atoms with Gasteiger partial charge in [-0.2, -0.15) is 26.3 Å². The summed E-state index contributed by atoms with van der Waals surface area (Å²) in [5, 5.41) is 0. The van der Waals surface area contributed by atoms with Crippen molar-refractivity contribution in [1.29, 1.82) is 0 Å². The number of hydrogen-bond acceptors (Lipinski definition) is 4. The zero-order chi connectivity index (χ0) is 22.9. The molecule has 0 spiro atoms. The molecule has 0 fully saturated rings. The van der Waals surface area contributed by atoms with E-state index in [1.54, 1.807) is 12.1 Å². The average molecular weight is 485 g/mol. The second-order valence-electron chi connectivity index (χ2n) is 5.47.